The summed E-state index contributed by atoms with van der Waals surface area (Å²) >= 11 is 7.87. The van der Waals surface area contributed by atoms with Gasteiger partial charge in [-0.3, -0.25) is 9.59 Å². The van der Waals surface area contributed by atoms with E-state index in [0.29, 0.717) is 20.6 Å². The first-order valence-corrected chi connectivity index (χ1v) is 7.59. The van der Waals surface area contributed by atoms with Crippen molar-refractivity contribution in [2.24, 2.45) is 5.73 Å². The van der Waals surface area contributed by atoms with Gasteiger partial charge in [-0.05, 0) is 45.6 Å². The number of nitrogens with two attached hydrogens (primary N) is 1. The number of thiophene rings is 1. The molecule has 2 amide bonds. The molecule has 0 aliphatic rings. The number of benzene rings is 1. The molecule has 0 saturated heterocycles. The zero-order chi connectivity index (χ0) is 14.0. The largest absolute Gasteiger partial charge is 0.366 e. The molecule has 0 radical (unpaired) electrons. The van der Waals surface area contributed by atoms with Gasteiger partial charge in [0.25, 0.3) is 11.8 Å². The van der Waals surface area contributed by atoms with Crippen LogP contribution < -0.4 is 11.1 Å². The van der Waals surface area contributed by atoms with Crippen molar-refractivity contribution in [2.75, 3.05) is 5.32 Å². The third kappa shape index (κ3) is 3.23. The van der Waals surface area contributed by atoms with Gasteiger partial charge in [0.1, 0.15) is 5.00 Å². The Morgan fingerprint density at radius 2 is 1.89 bits per heavy atom. The molecule has 0 fully saturated rings. The Labute approximate surface area is 130 Å². The molecule has 7 heteroatoms. The van der Waals surface area contributed by atoms with Crippen LogP contribution in [0.15, 0.2) is 38.6 Å². The summed E-state index contributed by atoms with van der Waals surface area (Å²) in [6, 6.07) is 6.86. The lowest BCUT2D eigenvalue weighted by Gasteiger charge is -2.07. The van der Waals surface area contributed by atoms with E-state index in [-0.39, 0.29) is 5.91 Å². The molecule has 1 heterocycles. The van der Waals surface area contributed by atoms with E-state index in [2.05, 4.69) is 37.2 Å². The van der Waals surface area contributed by atoms with Gasteiger partial charge in [0.15, 0.2) is 0 Å². The molecular weight excluding hydrogens is 396 g/mol. The number of anilines is 1. The molecule has 19 heavy (non-hydrogen) atoms. The fraction of sp³-hybridized carbons (Fsp3) is 0. The van der Waals surface area contributed by atoms with Gasteiger partial charge in [0.05, 0.1) is 11.1 Å². The molecule has 3 N–H and O–H groups in total. The Balaban J connectivity index is 2.28. The average molecular weight is 404 g/mol. The first kappa shape index (κ1) is 14.2. The van der Waals surface area contributed by atoms with E-state index in [4.69, 9.17) is 5.73 Å². The number of rotatable bonds is 3. The zero-order valence-electron chi connectivity index (χ0n) is 9.44. The number of nitrogens with one attached hydrogen (secondary N) is 1. The van der Waals surface area contributed by atoms with Crippen molar-refractivity contribution < 1.29 is 9.59 Å². The molecule has 1 aromatic heterocycles. The van der Waals surface area contributed by atoms with Gasteiger partial charge in [-0.25, -0.2) is 0 Å². The fourth-order valence-electron chi connectivity index (χ4n) is 1.44. The summed E-state index contributed by atoms with van der Waals surface area (Å²) in [6.45, 7) is 0. The number of carbonyl (C=O) groups is 2. The molecule has 0 aliphatic heterocycles. The van der Waals surface area contributed by atoms with Crippen LogP contribution in [-0.2, 0) is 0 Å². The van der Waals surface area contributed by atoms with Crippen molar-refractivity contribution >= 4 is 60.0 Å². The van der Waals surface area contributed by atoms with E-state index >= 15 is 0 Å². The topological polar surface area (TPSA) is 72.2 Å². The lowest BCUT2D eigenvalue weighted by molar-refractivity contribution is 0.100. The normalized spacial score (nSPS) is 10.2. The van der Waals surface area contributed by atoms with E-state index in [1.807, 2.05) is 6.07 Å². The maximum absolute atomic E-state index is 12.2. The van der Waals surface area contributed by atoms with E-state index in [9.17, 15) is 9.59 Å². The second-order valence-corrected chi connectivity index (χ2v) is 6.29. The van der Waals surface area contributed by atoms with Crippen molar-refractivity contribution in [1.82, 2.24) is 0 Å². The molecule has 0 saturated carbocycles. The summed E-state index contributed by atoms with van der Waals surface area (Å²) in [5, 5.41) is 4.83. The molecule has 0 atom stereocenters. The number of hydrogen-bond acceptors (Lipinski definition) is 3. The van der Waals surface area contributed by atoms with Crippen LogP contribution in [0.25, 0.3) is 0 Å². The highest BCUT2D eigenvalue weighted by Crippen LogP contribution is 2.26. The van der Waals surface area contributed by atoms with Gasteiger partial charge in [-0.15, -0.1) is 11.3 Å². The summed E-state index contributed by atoms with van der Waals surface area (Å²) in [6.07, 6.45) is 0. The number of halogens is 2. The number of primary amides is 1. The summed E-state index contributed by atoms with van der Waals surface area (Å²) < 4.78 is 1.47. The van der Waals surface area contributed by atoms with Crippen molar-refractivity contribution in [3.05, 3.63) is 49.7 Å². The highest BCUT2D eigenvalue weighted by molar-refractivity contribution is 9.11. The number of hydrogen-bond donors (Lipinski definition) is 2. The van der Waals surface area contributed by atoms with E-state index in [0.717, 1.165) is 4.47 Å². The Morgan fingerprint density at radius 3 is 2.58 bits per heavy atom. The Bertz CT molecular complexity index is 655. The van der Waals surface area contributed by atoms with Crippen LogP contribution in [0.4, 0.5) is 5.00 Å². The van der Waals surface area contributed by atoms with Gasteiger partial charge in [-0.1, -0.05) is 15.9 Å². The minimum Gasteiger partial charge on any atom is -0.366 e. The smallest absolute Gasteiger partial charge is 0.257 e. The predicted molar refractivity (Wildman–Crippen MR) is 82.6 cm³/mol. The van der Waals surface area contributed by atoms with Gasteiger partial charge in [0.2, 0.25) is 0 Å². The van der Waals surface area contributed by atoms with Crippen molar-refractivity contribution in [1.29, 1.82) is 0 Å². The van der Waals surface area contributed by atoms with Crippen LogP contribution in [0.3, 0.4) is 0 Å². The molecule has 2 aromatic rings. The maximum atomic E-state index is 12.2. The van der Waals surface area contributed by atoms with Crippen LogP contribution in [0.5, 0.6) is 0 Å². The van der Waals surface area contributed by atoms with Crippen LogP contribution in [0, 0.1) is 0 Å². The summed E-state index contributed by atoms with van der Waals surface area (Å²) in [5.41, 5.74) is 6.01. The molecule has 98 valence electrons. The first-order valence-electron chi connectivity index (χ1n) is 5.12. The SMILES string of the molecule is NC(=O)c1ccsc1NC(=O)c1cc(Br)ccc1Br. The van der Waals surface area contributed by atoms with E-state index in [1.165, 1.54) is 11.3 Å². The molecule has 1 aromatic carbocycles. The minimum atomic E-state index is -0.565. The monoisotopic (exact) mass is 402 g/mol. The van der Waals surface area contributed by atoms with Gasteiger partial charge >= 0.3 is 0 Å². The second kappa shape index (κ2) is 5.85. The summed E-state index contributed by atoms with van der Waals surface area (Å²) in [4.78, 5) is 23.3. The lowest BCUT2D eigenvalue weighted by Crippen LogP contribution is -2.16. The van der Waals surface area contributed by atoms with Crippen molar-refractivity contribution in [2.45, 2.75) is 0 Å². The van der Waals surface area contributed by atoms with Crippen molar-refractivity contribution in [3.63, 3.8) is 0 Å². The van der Waals surface area contributed by atoms with Crippen LogP contribution in [-0.4, -0.2) is 11.8 Å². The highest BCUT2D eigenvalue weighted by Gasteiger charge is 2.15. The maximum Gasteiger partial charge on any atom is 0.257 e. The van der Waals surface area contributed by atoms with Crippen LogP contribution in [0.1, 0.15) is 20.7 Å². The molecule has 4 nitrogen and oxygen atoms in total. The first-order chi connectivity index (χ1) is 8.99. The quantitative estimate of drug-likeness (QED) is 0.821. The molecule has 0 spiro atoms. The fourth-order valence-corrected chi connectivity index (χ4v) is 3.02. The Morgan fingerprint density at radius 1 is 1.16 bits per heavy atom. The minimum absolute atomic E-state index is 0.307. The molecule has 0 bridgehead atoms. The number of amides is 2. The van der Waals surface area contributed by atoms with Crippen LogP contribution in [0.2, 0.25) is 0 Å². The average Bonchev–Trinajstić information content (AvgIpc) is 2.80. The van der Waals surface area contributed by atoms with Crippen molar-refractivity contribution in [3.8, 4) is 0 Å². The molecule has 2 rings (SSSR count). The standard InChI is InChI=1S/C12H8Br2N2O2S/c13-6-1-2-9(14)8(5-6)11(18)16-12-7(10(15)17)3-4-19-12/h1-5H,(H2,15,17)(H,16,18). The van der Waals surface area contributed by atoms with E-state index in [1.54, 1.807) is 23.6 Å². The summed E-state index contributed by atoms with van der Waals surface area (Å²) in [5.74, 6) is -0.872. The third-order valence-electron chi connectivity index (χ3n) is 2.33. The highest BCUT2D eigenvalue weighted by atomic mass is 79.9. The Kier molecular flexibility index (Phi) is 4.38. The van der Waals surface area contributed by atoms with Gasteiger partial charge in [-0.2, -0.15) is 0 Å². The van der Waals surface area contributed by atoms with E-state index < -0.39 is 5.91 Å². The predicted octanol–water partition coefficient (Wildman–Crippen LogP) is 3.62. The second-order valence-electron chi connectivity index (χ2n) is 3.61. The Hall–Kier alpha value is -1.18. The third-order valence-corrected chi connectivity index (χ3v) is 4.35. The zero-order valence-corrected chi connectivity index (χ0v) is 13.4. The lowest BCUT2D eigenvalue weighted by atomic mass is 10.2. The van der Waals surface area contributed by atoms with Gasteiger partial charge < -0.3 is 11.1 Å². The molecule has 0 aliphatic carbocycles. The van der Waals surface area contributed by atoms with Gasteiger partial charge in [0, 0.05) is 8.95 Å². The molecular formula is C12H8Br2N2O2S. The summed E-state index contributed by atoms with van der Waals surface area (Å²) in [7, 11) is 0. The van der Waals surface area contributed by atoms with Crippen LogP contribution >= 0.6 is 43.2 Å². The molecule has 0 unspecified atom stereocenters. The number of carbonyl (C=O) groups excluding carboxylic acids is 2.